The number of nitrogens with two attached hydrogens (primary N) is 2. The highest BCUT2D eigenvalue weighted by molar-refractivity contribution is 8.00. The van der Waals surface area contributed by atoms with E-state index in [4.69, 9.17) is 11.6 Å². The van der Waals surface area contributed by atoms with Gasteiger partial charge in [-0.1, -0.05) is 11.8 Å². The van der Waals surface area contributed by atoms with E-state index in [1.807, 2.05) is 13.8 Å². The molecule has 8 heteroatoms. The van der Waals surface area contributed by atoms with E-state index in [1.54, 1.807) is 11.5 Å². The zero-order chi connectivity index (χ0) is 12.3. The van der Waals surface area contributed by atoms with Gasteiger partial charge in [0.05, 0.1) is 5.25 Å². The quantitative estimate of drug-likeness (QED) is 0.295. The smallest absolute Gasteiger partial charge is 0.247 e. The molecule has 0 bridgehead atoms. The molecule has 1 atom stereocenters. The number of rotatable bonds is 4. The normalized spacial score (nSPS) is 12.8. The van der Waals surface area contributed by atoms with Gasteiger partial charge in [0.25, 0.3) is 0 Å². The van der Waals surface area contributed by atoms with Crippen LogP contribution in [0.4, 0.5) is 5.95 Å². The van der Waals surface area contributed by atoms with Gasteiger partial charge in [-0.15, -0.1) is 10.2 Å². The Morgan fingerprint density at radius 2 is 2.06 bits per heavy atom. The van der Waals surface area contributed by atoms with Crippen molar-refractivity contribution in [2.24, 2.45) is 5.84 Å². The largest absolute Gasteiger partial charge is 0.368 e. The Hall–Kier alpha value is -1.28. The number of nitrogens with zero attached hydrogens (tertiary/aromatic N) is 3. The highest BCUT2D eigenvalue weighted by atomic mass is 32.2. The van der Waals surface area contributed by atoms with E-state index in [0.717, 1.165) is 0 Å². The van der Waals surface area contributed by atoms with Crippen molar-refractivity contribution in [1.82, 2.24) is 20.2 Å². The van der Waals surface area contributed by atoms with E-state index < -0.39 is 0 Å². The summed E-state index contributed by atoms with van der Waals surface area (Å²) < 4.78 is 1.77. The van der Waals surface area contributed by atoms with Crippen molar-refractivity contribution < 1.29 is 4.79 Å². The third-order valence-electron chi connectivity index (χ3n) is 2.00. The molecule has 0 aliphatic carbocycles. The molecule has 0 saturated carbocycles. The summed E-state index contributed by atoms with van der Waals surface area (Å²) in [7, 11) is 0. The molecular weight excluding hydrogens is 228 g/mol. The molecule has 0 aromatic carbocycles. The van der Waals surface area contributed by atoms with Gasteiger partial charge in [0.2, 0.25) is 11.9 Å². The van der Waals surface area contributed by atoms with Crippen molar-refractivity contribution in [2.75, 3.05) is 5.73 Å². The summed E-state index contributed by atoms with van der Waals surface area (Å²) in [5.74, 6) is 5.13. The molecule has 0 saturated heterocycles. The maximum absolute atomic E-state index is 11.3. The summed E-state index contributed by atoms with van der Waals surface area (Å²) in [5, 5.41) is 7.98. The van der Waals surface area contributed by atoms with Gasteiger partial charge in [0.15, 0.2) is 5.16 Å². The molecule has 1 aromatic heterocycles. The number of carbonyl (C=O) groups excluding carboxylic acids is 1. The molecule has 0 spiro atoms. The lowest BCUT2D eigenvalue weighted by molar-refractivity contribution is -0.120. The van der Waals surface area contributed by atoms with E-state index in [1.165, 1.54) is 11.8 Å². The Morgan fingerprint density at radius 3 is 2.56 bits per heavy atom. The number of nitrogen functional groups attached to an aromatic ring is 1. The fraction of sp³-hybridized carbons (Fsp3) is 0.625. The van der Waals surface area contributed by atoms with E-state index >= 15 is 0 Å². The third-order valence-corrected chi connectivity index (χ3v) is 3.06. The number of hydrogen-bond acceptors (Lipinski definition) is 6. The van der Waals surface area contributed by atoms with Crippen LogP contribution in [0.25, 0.3) is 0 Å². The van der Waals surface area contributed by atoms with Crippen LogP contribution in [0.5, 0.6) is 0 Å². The zero-order valence-electron chi connectivity index (χ0n) is 9.47. The van der Waals surface area contributed by atoms with Crippen LogP contribution in [0.2, 0.25) is 0 Å². The van der Waals surface area contributed by atoms with Gasteiger partial charge in [-0.25, -0.2) is 5.84 Å². The van der Waals surface area contributed by atoms with Crippen LogP contribution in [0.3, 0.4) is 0 Å². The SMILES string of the molecule is CC(Sc1nnc(N)n1C(C)C)C(=O)NN. The van der Waals surface area contributed by atoms with Crippen LogP contribution in [-0.2, 0) is 4.79 Å². The van der Waals surface area contributed by atoms with Crippen LogP contribution in [0.15, 0.2) is 5.16 Å². The molecule has 1 rings (SSSR count). The summed E-state index contributed by atoms with van der Waals surface area (Å²) in [6.07, 6.45) is 0. The van der Waals surface area contributed by atoms with Crippen molar-refractivity contribution in [2.45, 2.75) is 37.2 Å². The molecule has 1 unspecified atom stereocenters. The van der Waals surface area contributed by atoms with Crippen molar-refractivity contribution in [3.05, 3.63) is 0 Å². The Morgan fingerprint density at radius 1 is 1.44 bits per heavy atom. The molecule has 5 N–H and O–H groups in total. The van der Waals surface area contributed by atoms with E-state index in [9.17, 15) is 4.79 Å². The monoisotopic (exact) mass is 244 g/mol. The molecule has 90 valence electrons. The predicted octanol–water partition coefficient (Wildman–Crippen LogP) is -0.0883. The second-order valence-electron chi connectivity index (χ2n) is 3.57. The highest BCUT2D eigenvalue weighted by Crippen LogP contribution is 2.25. The summed E-state index contributed by atoms with van der Waals surface area (Å²) in [4.78, 5) is 11.3. The molecule has 0 radical (unpaired) electrons. The number of aromatic nitrogens is 3. The van der Waals surface area contributed by atoms with Crippen molar-refractivity contribution in [3.8, 4) is 0 Å². The number of hydrazine groups is 1. The molecule has 7 nitrogen and oxygen atoms in total. The number of nitrogens with one attached hydrogen (secondary N) is 1. The fourth-order valence-corrected chi connectivity index (χ4v) is 2.18. The van der Waals surface area contributed by atoms with Gasteiger partial charge in [0, 0.05) is 6.04 Å². The van der Waals surface area contributed by atoms with Gasteiger partial charge in [-0.2, -0.15) is 0 Å². The number of amides is 1. The predicted molar refractivity (Wildman–Crippen MR) is 62.5 cm³/mol. The third kappa shape index (κ3) is 2.64. The van der Waals surface area contributed by atoms with Crippen LogP contribution in [-0.4, -0.2) is 25.9 Å². The van der Waals surface area contributed by atoms with E-state index in [2.05, 4.69) is 15.6 Å². The minimum Gasteiger partial charge on any atom is -0.368 e. The van der Waals surface area contributed by atoms with Crippen molar-refractivity contribution >= 4 is 23.6 Å². The van der Waals surface area contributed by atoms with Gasteiger partial charge < -0.3 is 5.73 Å². The first-order chi connectivity index (χ1) is 7.47. The highest BCUT2D eigenvalue weighted by Gasteiger charge is 2.19. The number of hydrogen-bond donors (Lipinski definition) is 3. The van der Waals surface area contributed by atoms with Gasteiger partial charge in [-0.05, 0) is 20.8 Å². The van der Waals surface area contributed by atoms with E-state index in [-0.39, 0.29) is 17.2 Å². The summed E-state index contributed by atoms with van der Waals surface area (Å²) >= 11 is 1.27. The maximum atomic E-state index is 11.3. The lowest BCUT2D eigenvalue weighted by Gasteiger charge is -2.13. The molecule has 1 heterocycles. The molecule has 0 aliphatic heterocycles. The lowest BCUT2D eigenvalue weighted by Crippen LogP contribution is -2.36. The van der Waals surface area contributed by atoms with Crippen LogP contribution < -0.4 is 17.0 Å². The van der Waals surface area contributed by atoms with Gasteiger partial charge in [0.1, 0.15) is 0 Å². The maximum Gasteiger partial charge on any atom is 0.247 e. The molecule has 0 fully saturated rings. The first-order valence-corrected chi connectivity index (χ1v) is 5.72. The standard InChI is InChI=1S/C8H16N6OS/c1-4(2)14-7(9)12-13-8(14)16-5(3)6(15)11-10/h4-5H,10H2,1-3H3,(H2,9,12)(H,11,15). The number of anilines is 1. The van der Waals surface area contributed by atoms with Crippen molar-refractivity contribution in [1.29, 1.82) is 0 Å². The number of carbonyl (C=O) groups is 1. The van der Waals surface area contributed by atoms with Crippen LogP contribution in [0, 0.1) is 0 Å². The zero-order valence-corrected chi connectivity index (χ0v) is 10.3. The minimum absolute atomic E-state index is 0.144. The second kappa shape index (κ2) is 5.17. The minimum atomic E-state index is -0.342. The summed E-state index contributed by atoms with van der Waals surface area (Å²) in [6.45, 7) is 5.68. The fourth-order valence-electron chi connectivity index (χ4n) is 1.18. The Balaban J connectivity index is 2.85. The summed E-state index contributed by atoms with van der Waals surface area (Å²) in [6, 6.07) is 0.144. The van der Waals surface area contributed by atoms with Crippen molar-refractivity contribution in [3.63, 3.8) is 0 Å². The van der Waals surface area contributed by atoms with Gasteiger partial charge >= 0.3 is 0 Å². The Bertz CT molecular complexity index is 377. The van der Waals surface area contributed by atoms with Gasteiger partial charge in [-0.3, -0.25) is 14.8 Å². The van der Waals surface area contributed by atoms with Crippen LogP contribution >= 0.6 is 11.8 Å². The molecule has 0 aliphatic rings. The number of thioether (sulfide) groups is 1. The molecule has 16 heavy (non-hydrogen) atoms. The first kappa shape index (κ1) is 12.8. The van der Waals surface area contributed by atoms with E-state index in [0.29, 0.717) is 11.1 Å². The van der Waals surface area contributed by atoms with Crippen LogP contribution in [0.1, 0.15) is 26.8 Å². The Labute approximate surface area is 97.9 Å². The topological polar surface area (TPSA) is 112 Å². The summed E-state index contributed by atoms with van der Waals surface area (Å²) in [5.41, 5.74) is 7.77. The molecular formula is C8H16N6OS. The lowest BCUT2D eigenvalue weighted by atomic mass is 10.4. The molecule has 1 aromatic rings. The Kier molecular flexibility index (Phi) is 4.13. The first-order valence-electron chi connectivity index (χ1n) is 4.84. The second-order valence-corrected chi connectivity index (χ2v) is 4.88. The molecule has 1 amide bonds. The average molecular weight is 244 g/mol. The average Bonchev–Trinajstić information content (AvgIpc) is 2.58.